The van der Waals surface area contributed by atoms with Crippen molar-refractivity contribution in [1.82, 2.24) is 20.9 Å². The number of carbonyl (C=O) groups excluding carboxylic acids is 3. The van der Waals surface area contributed by atoms with Gasteiger partial charge < -0.3 is 15.5 Å². The van der Waals surface area contributed by atoms with Crippen molar-refractivity contribution in [3.8, 4) is 0 Å². The minimum atomic E-state index is -2.52. The van der Waals surface area contributed by atoms with Gasteiger partial charge in [0.2, 0.25) is 11.8 Å². The summed E-state index contributed by atoms with van der Waals surface area (Å²) in [7, 11) is 0. The zero-order valence-electron chi connectivity index (χ0n) is 16.5. The second-order valence-corrected chi connectivity index (χ2v) is 8.97. The Morgan fingerprint density at radius 3 is 2.73 bits per heavy atom. The summed E-state index contributed by atoms with van der Waals surface area (Å²) in [5.74, 6) is -3.43. The van der Waals surface area contributed by atoms with E-state index in [9.17, 15) is 23.2 Å². The predicted molar refractivity (Wildman–Crippen MR) is 103 cm³/mol. The molecule has 5 rings (SSSR count). The number of rotatable bonds is 5. The van der Waals surface area contributed by atoms with E-state index in [-0.39, 0.29) is 30.7 Å². The fourth-order valence-corrected chi connectivity index (χ4v) is 5.02. The molecular weight excluding hydrogens is 394 g/mol. The van der Waals surface area contributed by atoms with Gasteiger partial charge in [-0.3, -0.25) is 19.7 Å². The number of hydrogen-bond acceptors (Lipinski definition) is 5. The second kappa shape index (κ2) is 6.81. The number of piperidine rings is 1. The molecule has 3 unspecified atom stereocenters. The number of benzene rings is 1. The van der Waals surface area contributed by atoms with Gasteiger partial charge in [0.05, 0.1) is 5.41 Å². The average molecular weight is 418 g/mol. The quantitative estimate of drug-likeness (QED) is 0.619. The molecule has 1 saturated carbocycles. The van der Waals surface area contributed by atoms with E-state index in [1.54, 1.807) is 6.07 Å². The number of carbonyl (C=O) groups is 3. The third-order valence-corrected chi connectivity index (χ3v) is 6.89. The molecular formula is C21H24F2N4O3. The lowest BCUT2D eigenvalue weighted by Crippen LogP contribution is -2.52. The molecule has 2 saturated heterocycles. The van der Waals surface area contributed by atoms with Crippen LogP contribution in [0.3, 0.4) is 0 Å². The zero-order valence-corrected chi connectivity index (χ0v) is 16.5. The van der Waals surface area contributed by atoms with Gasteiger partial charge in [-0.2, -0.15) is 0 Å². The summed E-state index contributed by atoms with van der Waals surface area (Å²) in [4.78, 5) is 37.7. The summed E-state index contributed by atoms with van der Waals surface area (Å²) in [5.41, 5.74) is 1.61. The lowest BCUT2D eigenvalue weighted by atomic mass is 10.0. The smallest absolute Gasteiger partial charge is 0.255 e. The maximum absolute atomic E-state index is 13.5. The van der Waals surface area contributed by atoms with Crippen LogP contribution in [0.1, 0.15) is 47.2 Å². The van der Waals surface area contributed by atoms with Crippen LogP contribution < -0.4 is 16.0 Å². The lowest BCUT2D eigenvalue weighted by Gasteiger charge is -2.29. The predicted octanol–water partition coefficient (Wildman–Crippen LogP) is 0.924. The zero-order chi connectivity index (χ0) is 21.1. The van der Waals surface area contributed by atoms with Crippen LogP contribution in [0.2, 0.25) is 0 Å². The van der Waals surface area contributed by atoms with Crippen molar-refractivity contribution in [2.75, 3.05) is 13.1 Å². The number of nitrogens with one attached hydrogen (secondary N) is 3. The average Bonchev–Trinajstić information content (AvgIpc) is 2.97. The van der Waals surface area contributed by atoms with Gasteiger partial charge in [0, 0.05) is 50.6 Å². The molecule has 3 heterocycles. The van der Waals surface area contributed by atoms with Crippen molar-refractivity contribution in [2.45, 2.75) is 56.8 Å². The molecule has 3 fully saturated rings. The second-order valence-electron chi connectivity index (χ2n) is 8.97. The Morgan fingerprint density at radius 2 is 2.03 bits per heavy atom. The van der Waals surface area contributed by atoms with E-state index in [2.05, 4.69) is 16.0 Å². The fourth-order valence-electron chi connectivity index (χ4n) is 5.02. The van der Waals surface area contributed by atoms with Crippen LogP contribution >= 0.6 is 0 Å². The number of fused-ring (bicyclic) bond motifs is 1. The lowest BCUT2D eigenvalue weighted by molar-refractivity contribution is -0.136. The maximum atomic E-state index is 13.5. The minimum absolute atomic E-state index is 0.00791. The summed E-state index contributed by atoms with van der Waals surface area (Å²) < 4.78 is 27.0. The van der Waals surface area contributed by atoms with Gasteiger partial charge in [0.1, 0.15) is 6.04 Å². The number of alkyl halides is 2. The standard InChI is InChI=1S/C21H24F2N4O3/c22-21(23)10-20(21)6-14(25-11-20)8-24-7-12-1-2-15-13(5-12)9-27(19(15)30)16-3-4-17(28)26-18(16)29/h1-2,5,14,16,24-25H,3-4,6-11H2,(H,26,28,29). The highest BCUT2D eigenvalue weighted by molar-refractivity contribution is 6.05. The van der Waals surface area contributed by atoms with Crippen LogP contribution in [-0.2, 0) is 22.7 Å². The molecule has 0 bridgehead atoms. The Balaban J connectivity index is 1.17. The van der Waals surface area contributed by atoms with Crippen molar-refractivity contribution in [2.24, 2.45) is 5.41 Å². The van der Waals surface area contributed by atoms with Gasteiger partial charge in [-0.25, -0.2) is 8.78 Å². The van der Waals surface area contributed by atoms with Crippen LogP contribution in [-0.4, -0.2) is 53.7 Å². The SMILES string of the molecule is O=C1CCC(N2Cc3cc(CNCC4CC5(CN4)CC5(F)F)ccc3C2=O)C(=O)N1. The molecule has 1 aliphatic carbocycles. The Bertz CT molecular complexity index is 937. The van der Waals surface area contributed by atoms with E-state index < -0.39 is 23.3 Å². The Kier molecular flexibility index (Phi) is 4.44. The number of imide groups is 1. The van der Waals surface area contributed by atoms with Gasteiger partial charge >= 0.3 is 0 Å². The number of amides is 3. The summed E-state index contributed by atoms with van der Waals surface area (Å²) in [6.07, 6.45) is 1.06. The minimum Gasteiger partial charge on any atom is -0.322 e. The van der Waals surface area contributed by atoms with Crippen LogP contribution in [0.4, 0.5) is 8.78 Å². The van der Waals surface area contributed by atoms with Gasteiger partial charge in [-0.15, -0.1) is 0 Å². The molecule has 3 N–H and O–H groups in total. The highest BCUT2D eigenvalue weighted by Gasteiger charge is 2.72. The molecule has 30 heavy (non-hydrogen) atoms. The van der Waals surface area contributed by atoms with E-state index >= 15 is 0 Å². The number of hydrogen-bond donors (Lipinski definition) is 3. The van der Waals surface area contributed by atoms with Gasteiger partial charge in [-0.1, -0.05) is 12.1 Å². The van der Waals surface area contributed by atoms with Gasteiger partial charge in [0.15, 0.2) is 0 Å². The highest BCUT2D eigenvalue weighted by atomic mass is 19.3. The summed E-state index contributed by atoms with van der Waals surface area (Å²) in [6, 6.07) is 5.01. The van der Waals surface area contributed by atoms with Crippen LogP contribution in [0.25, 0.3) is 0 Å². The highest BCUT2D eigenvalue weighted by Crippen LogP contribution is 2.64. The Morgan fingerprint density at radius 1 is 1.23 bits per heavy atom. The third-order valence-electron chi connectivity index (χ3n) is 6.89. The van der Waals surface area contributed by atoms with Crippen LogP contribution in [0.5, 0.6) is 0 Å². The monoisotopic (exact) mass is 418 g/mol. The molecule has 3 atom stereocenters. The van der Waals surface area contributed by atoms with Crippen molar-refractivity contribution in [3.05, 3.63) is 34.9 Å². The molecule has 0 aromatic heterocycles. The first-order chi connectivity index (χ1) is 14.3. The number of halogens is 2. The summed E-state index contributed by atoms with van der Waals surface area (Å²) in [6.45, 7) is 1.90. The van der Waals surface area contributed by atoms with Crippen molar-refractivity contribution in [3.63, 3.8) is 0 Å². The molecule has 9 heteroatoms. The first-order valence-electron chi connectivity index (χ1n) is 10.4. The van der Waals surface area contributed by atoms with Crippen molar-refractivity contribution in [1.29, 1.82) is 0 Å². The molecule has 1 aromatic carbocycles. The molecule has 7 nitrogen and oxygen atoms in total. The Labute approximate surface area is 172 Å². The maximum Gasteiger partial charge on any atom is 0.255 e. The topological polar surface area (TPSA) is 90.5 Å². The van der Waals surface area contributed by atoms with Crippen molar-refractivity contribution < 1.29 is 23.2 Å². The van der Waals surface area contributed by atoms with E-state index in [0.29, 0.717) is 44.6 Å². The van der Waals surface area contributed by atoms with E-state index in [4.69, 9.17) is 0 Å². The molecule has 160 valence electrons. The van der Waals surface area contributed by atoms with Gasteiger partial charge in [0.25, 0.3) is 11.8 Å². The molecule has 4 aliphatic rings. The molecule has 0 radical (unpaired) electrons. The van der Waals surface area contributed by atoms with Gasteiger partial charge in [-0.05, 0) is 30.0 Å². The van der Waals surface area contributed by atoms with Crippen molar-refractivity contribution >= 4 is 17.7 Å². The summed E-state index contributed by atoms with van der Waals surface area (Å²) >= 11 is 0. The molecule has 3 amide bonds. The molecule has 1 aromatic rings. The first kappa shape index (κ1) is 19.6. The third kappa shape index (κ3) is 3.20. The number of nitrogens with zero attached hydrogens (tertiary/aromatic N) is 1. The van der Waals surface area contributed by atoms with E-state index in [1.807, 2.05) is 12.1 Å². The van der Waals surface area contributed by atoms with Crippen LogP contribution in [0, 0.1) is 5.41 Å². The fraction of sp³-hybridized carbons (Fsp3) is 0.571. The summed E-state index contributed by atoms with van der Waals surface area (Å²) in [5, 5.41) is 8.81. The van der Waals surface area contributed by atoms with E-state index in [1.165, 1.54) is 4.90 Å². The largest absolute Gasteiger partial charge is 0.322 e. The van der Waals surface area contributed by atoms with E-state index in [0.717, 1.165) is 11.1 Å². The first-order valence-corrected chi connectivity index (χ1v) is 10.4. The van der Waals surface area contributed by atoms with Crippen LogP contribution in [0.15, 0.2) is 18.2 Å². The normalized spacial score (nSPS) is 31.9. The molecule has 3 aliphatic heterocycles. The molecule has 1 spiro atoms. The Hall–Kier alpha value is -2.39.